The van der Waals surface area contributed by atoms with Gasteiger partial charge in [-0.1, -0.05) is 0 Å². The van der Waals surface area contributed by atoms with Crippen molar-refractivity contribution in [3.05, 3.63) is 35.9 Å². The first-order valence-corrected chi connectivity index (χ1v) is 6.61. The highest BCUT2D eigenvalue weighted by Gasteiger charge is 2.32. The number of hydrogen-bond acceptors (Lipinski definition) is 6. The Morgan fingerprint density at radius 2 is 1.77 bits per heavy atom. The van der Waals surface area contributed by atoms with Gasteiger partial charge >= 0.3 is 0 Å². The molecule has 0 saturated heterocycles. The lowest BCUT2D eigenvalue weighted by atomic mass is 9.88. The number of carbonyl (C=O) groups excluding carboxylic acids is 1. The lowest BCUT2D eigenvalue weighted by Gasteiger charge is -2.27. The summed E-state index contributed by atoms with van der Waals surface area (Å²) in [5.41, 5.74) is -0.192. The summed E-state index contributed by atoms with van der Waals surface area (Å²) in [6, 6.07) is 7.07. The third-order valence-corrected chi connectivity index (χ3v) is 3.65. The topological polar surface area (TPSA) is 107 Å². The van der Waals surface area contributed by atoms with Crippen LogP contribution in [0.4, 0.5) is 0 Å². The molecule has 0 amide bonds. The molecule has 1 aliphatic heterocycles. The fourth-order valence-electron chi connectivity index (χ4n) is 2.53. The smallest absolute Gasteiger partial charge is 0.158 e. The van der Waals surface area contributed by atoms with Crippen molar-refractivity contribution in [2.75, 3.05) is 6.61 Å². The van der Waals surface area contributed by atoms with Crippen molar-refractivity contribution in [2.24, 2.45) is 0 Å². The molecule has 1 aliphatic rings. The maximum atomic E-state index is 11.2. The third-order valence-electron chi connectivity index (χ3n) is 3.65. The molecule has 0 saturated carbocycles. The lowest BCUT2D eigenvalue weighted by molar-refractivity contribution is -0.127. The van der Waals surface area contributed by atoms with Gasteiger partial charge in [0.1, 0.15) is 18.1 Å². The maximum absolute atomic E-state index is 11.2. The van der Waals surface area contributed by atoms with E-state index in [-0.39, 0.29) is 36.0 Å². The molecule has 1 atom stereocenters. The van der Waals surface area contributed by atoms with Crippen molar-refractivity contribution in [3.8, 4) is 34.1 Å². The van der Waals surface area contributed by atoms with Gasteiger partial charge < -0.3 is 25.2 Å². The minimum Gasteiger partial charge on any atom is -0.508 e. The zero-order chi connectivity index (χ0) is 15.9. The first kappa shape index (κ1) is 14.2. The molecule has 6 nitrogen and oxygen atoms in total. The molecule has 0 bridgehead atoms. The predicted molar refractivity (Wildman–Crippen MR) is 77.1 cm³/mol. The largest absolute Gasteiger partial charge is 0.508 e. The third kappa shape index (κ3) is 2.33. The standard InChI is InChI=1S/C16H14O6/c17-7-16(21)6-9-3-13(19)14(20)5-12(9)11-2-1-10(18)4-15(11)22-8-16/h1-5,7,18-21H,6,8H2. The first-order valence-electron chi connectivity index (χ1n) is 6.61. The average Bonchev–Trinajstić information content (AvgIpc) is 2.48. The van der Waals surface area contributed by atoms with Gasteiger partial charge in [-0.25, -0.2) is 0 Å². The van der Waals surface area contributed by atoms with E-state index in [2.05, 4.69) is 0 Å². The van der Waals surface area contributed by atoms with Crippen LogP contribution in [0, 0.1) is 0 Å². The van der Waals surface area contributed by atoms with Crippen LogP contribution in [-0.2, 0) is 11.2 Å². The minimum absolute atomic E-state index is 0.0292. The molecule has 6 heteroatoms. The number of carbonyl (C=O) groups is 1. The molecule has 3 rings (SSSR count). The Morgan fingerprint density at radius 1 is 1.05 bits per heavy atom. The van der Waals surface area contributed by atoms with E-state index in [1.54, 1.807) is 6.07 Å². The Kier molecular flexibility index (Phi) is 3.18. The number of benzene rings is 2. The van der Waals surface area contributed by atoms with Crippen molar-refractivity contribution in [1.82, 2.24) is 0 Å². The van der Waals surface area contributed by atoms with E-state index in [9.17, 15) is 25.2 Å². The van der Waals surface area contributed by atoms with Gasteiger partial charge in [0, 0.05) is 18.1 Å². The quantitative estimate of drug-likeness (QED) is 0.468. The number of aliphatic hydroxyl groups is 1. The summed E-state index contributed by atoms with van der Waals surface area (Å²) in [6.07, 6.45) is 0.314. The fraction of sp³-hybridized carbons (Fsp3) is 0.188. The highest BCUT2D eigenvalue weighted by molar-refractivity contribution is 5.78. The lowest BCUT2D eigenvalue weighted by Crippen LogP contribution is -2.41. The molecule has 1 unspecified atom stereocenters. The molecular formula is C16H14O6. The summed E-state index contributed by atoms with van der Waals surface area (Å²) in [7, 11) is 0. The Balaban J connectivity index is 2.27. The van der Waals surface area contributed by atoms with Crippen LogP contribution in [0.5, 0.6) is 23.0 Å². The second kappa shape index (κ2) is 4.92. The fourth-order valence-corrected chi connectivity index (χ4v) is 2.53. The van der Waals surface area contributed by atoms with Gasteiger partial charge in [-0.05, 0) is 35.4 Å². The Hall–Kier alpha value is -2.73. The maximum Gasteiger partial charge on any atom is 0.158 e. The van der Waals surface area contributed by atoms with Crippen molar-refractivity contribution in [2.45, 2.75) is 12.0 Å². The number of aromatic hydroxyl groups is 3. The number of fused-ring (bicyclic) bond motifs is 3. The second-order valence-electron chi connectivity index (χ2n) is 5.37. The van der Waals surface area contributed by atoms with Crippen LogP contribution in [0.3, 0.4) is 0 Å². The summed E-state index contributed by atoms with van der Waals surface area (Å²) < 4.78 is 5.46. The molecule has 0 radical (unpaired) electrons. The minimum atomic E-state index is -1.76. The van der Waals surface area contributed by atoms with Crippen LogP contribution < -0.4 is 4.74 Å². The molecule has 0 aromatic heterocycles. The monoisotopic (exact) mass is 302 g/mol. The summed E-state index contributed by atoms with van der Waals surface area (Å²) in [6.45, 7) is -0.284. The van der Waals surface area contributed by atoms with E-state index in [1.807, 2.05) is 0 Å². The summed E-state index contributed by atoms with van der Waals surface area (Å²) >= 11 is 0. The normalized spacial score (nSPS) is 20.0. The number of rotatable bonds is 1. The number of phenolic OH excluding ortho intramolecular Hbond substituents is 3. The first-order chi connectivity index (χ1) is 10.4. The number of ether oxygens (including phenoxy) is 1. The number of hydrogen-bond donors (Lipinski definition) is 4. The van der Waals surface area contributed by atoms with E-state index in [4.69, 9.17) is 4.74 Å². The molecule has 0 spiro atoms. The molecule has 4 N–H and O–H groups in total. The molecule has 2 aromatic rings. The Labute approximate surface area is 125 Å². The van der Waals surface area contributed by atoms with E-state index in [0.717, 1.165) is 0 Å². The molecule has 114 valence electrons. The zero-order valence-corrected chi connectivity index (χ0v) is 11.5. The van der Waals surface area contributed by atoms with Crippen LogP contribution in [0.1, 0.15) is 5.56 Å². The highest BCUT2D eigenvalue weighted by Crippen LogP contribution is 2.42. The van der Waals surface area contributed by atoms with Crippen LogP contribution in [-0.4, -0.2) is 38.9 Å². The van der Waals surface area contributed by atoms with E-state index >= 15 is 0 Å². The van der Waals surface area contributed by atoms with Crippen LogP contribution in [0.2, 0.25) is 0 Å². The van der Waals surface area contributed by atoms with E-state index < -0.39 is 5.60 Å². The molecule has 2 aromatic carbocycles. The molecular weight excluding hydrogens is 288 g/mol. The molecule has 0 fully saturated rings. The van der Waals surface area contributed by atoms with Gasteiger partial charge in [0.05, 0.1) is 0 Å². The van der Waals surface area contributed by atoms with Gasteiger partial charge in [-0.3, -0.25) is 4.79 Å². The molecule has 22 heavy (non-hydrogen) atoms. The average molecular weight is 302 g/mol. The van der Waals surface area contributed by atoms with Gasteiger partial charge in [-0.2, -0.15) is 0 Å². The Morgan fingerprint density at radius 3 is 2.50 bits per heavy atom. The van der Waals surface area contributed by atoms with Crippen LogP contribution in [0.25, 0.3) is 11.1 Å². The summed E-state index contributed by atoms with van der Waals surface area (Å²) in [5, 5.41) is 39.3. The summed E-state index contributed by atoms with van der Waals surface area (Å²) in [5.74, 6) is -0.424. The van der Waals surface area contributed by atoms with E-state index in [1.165, 1.54) is 24.3 Å². The van der Waals surface area contributed by atoms with E-state index in [0.29, 0.717) is 23.0 Å². The molecule has 1 heterocycles. The highest BCUT2D eigenvalue weighted by atomic mass is 16.5. The van der Waals surface area contributed by atoms with Crippen molar-refractivity contribution < 1.29 is 30.0 Å². The zero-order valence-electron chi connectivity index (χ0n) is 11.5. The van der Waals surface area contributed by atoms with Gasteiger partial charge in [-0.15, -0.1) is 0 Å². The number of phenols is 3. The van der Waals surface area contributed by atoms with Crippen molar-refractivity contribution in [3.63, 3.8) is 0 Å². The summed E-state index contributed by atoms with van der Waals surface area (Å²) in [4.78, 5) is 11.2. The Bertz CT molecular complexity index is 755. The van der Waals surface area contributed by atoms with Gasteiger partial charge in [0.2, 0.25) is 0 Å². The predicted octanol–water partition coefficient (Wildman–Crippen LogP) is 1.34. The SMILES string of the molecule is O=CC1(O)COc2cc(O)ccc2-c2cc(O)c(O)cc2C1. The van der Waals surface area contributed by atoms with Gasteiger partial charge in [0.25, 0.3) is 0 Å². The van der Waals surface area contributed by atoms with Crippen LogP contribution in [0.15, 0.2) is 30.3 Å². The van der Waals surface area contributed by atoms with Gasteiger partial charge in [0.15, 0.2) is 23.4 Å². The van der Waals surface area contributed by atoms with Crippen molar-refractivity contribution >= 4 is 6.29 Å². The second-order valence-corrected chi connectivity index (χ2v) is 5.37. The molecule has 0 aliphatic carbocycles. The van der Waals surface area contributed by atoms with Crippen molar-refractivity contribution in [1.29, 1.82) is 0 Å². The number of aldehydes is 1. The van der Waals surface area contributed by atoms with Crippen LogP contribution >= 0.6 is 0 Å².